The first kappa shape index (κ1) is 12.1. The summed E-state index contributed by atoms with van der Waals surface area (Å²) in [6.07, 6.45) is 1.04. The Morgan fingerprint density at radius 2 is 2.00 bits per heavy atom. The molecule has 1 unspecified atom stereocenters. The summed E-state index contributed by atoms with van der Waals surface area (Å²) >= 11 is 1.82. The number of rotatable bonds is 1. The smallest absolute Gasteiger partial charge is 0.111 e. The van der Waals surface area contributed by atoms with Crippen molar-refractivity contribution < 1.29 is 0 Å². The third kappa shape index (κ3) is 2.03. The quantitative estimate of drug-likeness (QED) is 0.729. The van der Waals surface area contributed by atoms with Gasteiger partial charge in [0, 0.05) is 6.54 Å². The summed E-state index contributed by atoms with van der Waals surface area (Å²) in [5.41, 5.74) is 5.29. The zero-order chi connectivity index (χ0) is 13.5. The molecule has 0 radical (unpaired) electrons. The average molecular weight is 280 g/mol. The Morgan fingerprint density at radius 3 is 2.90 bits per heavy atom. The first-order chi connectivity index (χ1) is 9.79. The van der Waals surface area contributed by atoms with Crippen molar-refractivity contribution >= 4 is 21.6 Å². The molecule has 4 rings (SSSR count). The van der Waals surface area contributed by atoms with Gasteiger partial charge in [-0.2, -0.15) is 0 Å². The zero-order valence-corrected chi connectivity index (χ0v) is 12.2. The Kier molecular flexibility index (Phi) is 2.83. The molecular formula is C17H16N2S. The highest BCUT2D eigenvalue weighted by Gasteiger charge is 2.21. The van der Waals surface area contributed by atoms with Crippen LogP contribution in [0.15, 0.2) is 42.5 Å². The molecule has 2 nitrogen and oxygen atoms in total. The first-order valence-corrected chi connectivity index (χ1v) is 7.78. The maximum Gasteiger partial charge on any atom is 0.111 e. The molecule has 0 spiro atoms. The van der Waals surface area contributed by atoms with Crippen LogP contribution in [0.3, 0.4) is 0 Å². The normalized spacial score (nSPS) is 18.1. The maximum absolute atomic E-state index is 4.81. The van der Waals surface area contributed by atoms with E-state index in [0.29, 0.717) is 6.04 Å². The van der Waals surface area contributed by atoms with Crippen LogP contribution in [-0.2, 0) is 13.0 Å². The molecule has 100 valence electrons. The lowest BCUT2D eigenvalue weighted by atomic mass is 9.96. The van der Waals surface area contributed by atoms with Gasteiger partial charge in [-0.15, -0.1) is 11.3 Å². The molecule has 2 heterocycles. The van der Waals surface area contributed by atoms with E-state index in [-0.39, 0.29) is 0 Å². The molecule has 2 aromatic carbocycles. The highest BCUT2D eigenvalue weighted by Crippen LogP contribution is 2.31. The van der Waals surface area contributed by atoms with E-state index in [0.717, 1.165) is 18.5 Å². The molecule has 1 aliphatic rings. The minimum Gasteiger partial charge on any atom is -0.304 e. The van der Waals surface area contributed by atoms with Crippen molar-refractivity contribution in [2.45, 2.75) is 25.9 Å². The summed E-state index contributed by atoms with van der Waals surface area (Å²) in [6, 6.07) is 15.5. The molecule has 1 N–H and O–H groups in total. The van der Waals surface area contributed by atoms with Crippen molar-refractivity contribution in [3.8, 4) is 0 Å². The van der Waals surface area contributed by atoms with Gasteiger partial charge in [0.25, 0.3) is 0 Å². The van der Waals surface area contributed by atoms with Gasteiger partial charge in [-0.3, -0.25) is 0 Å². The maximum atomic E-state index is 4.81. The van der Waals surface area contributed by atoms with Gasteiger partial charge in [0.05, 0.1) is 16.3 Å². The van der Waals surface area contributed by atoms with Crippen LogP contribution in [-0.4, -0.2) is 4.98 Å². The van der Waals surface area contributed by atoms with E-state index in [1.807, 2.05) is 11.3 Å². The van der Waals surface area contributed by atoms with Gasteiger partial charge in [0.1, 0.15) is 5.01 Å². The number of nitrogens with one attached hydrogen (secondary N) is 1. The predicted octanol–water partition coefficient (Wildman–Crippen LogP) is 3.99. The fraction of sp³-hybridized carbons (Fsp3) is 0.235. The summed E-state index contributed by atoms with van der Waals surface area (Å²) in [6.45, 7) is 3.07. The summed E-state index contributed by atoms with van der Waals surface area (Å²) in [5, 5.41) is 4.82. The zero-order valence-electron chi connectivity index (χ0n) is 11.4. The van der Waals surface area contributed by atoms with E-state index in [4.69, 9.17) is 4.98 Å². The highest BCUT2D eigenvalue weighted by molar-refractivity contribution is 7.18. The van der Waals surface area contributed by atoms with Crippen LogP contribution in [0.5, 0.6) is 0 Å². The third-order valence-electron chi connectivity index (χ3n) is 3.94. The number of benzene rings is 2. The minimum atomic E-state index is 0.350. The Hall–Kier alpha value is -1.71. The molecule has 1 atom stereocenters. The second kappa shape index (κ2) is 4.69. The van der Waals surface area contributed by atoms with E-state index in [1.165, 1.54) is 26.4 Å². The first-order valence-electron chi connectivity index (χ1n) is 6.97. The van der Waals surface area contributed by atoms with Gasteiger partial charge in [-0.25, -0.2) is 4.98 Å². The van der Waals surface area contributed by atoms with Gasteiger partial charge in [-0.05, 0) is 42.2 Å². The molecule has 0 saturated carbocycles. The number of fused-ring (bicyclic) bond motifs is 2. The van der Waals surface area contributed by atoms with Crippen LogP contribution in [0.4, 0.5) is 0 Å². The number of aryl methyl sites for hydroxylation is 1. The van der Waals surface area contributed by atoms with Crippen molar-refractivity contribution in [3.63, 3.8) is 0 Å². The van der Waals surface area contributed by atoms with Gasteiger partial charge in [-0.1, -0.05) is 30.3 Å². The molecule has 1 aromatic heterocycles. The number of thiazole rings is 1. The standard InChI is InChI=1S/C17H16N2S/c1-11-6-7-14-16(8-11)20-17(19-14)15-9-12-4-2-3-5-13(12)10-18-15/h2-8,15,18H,9-10H2,1H3. The molecule has 0 amide bonds. The van der Waals surface area contributed by atoms with Crippen LogP contribution in [0, 0.1) is 6.92 Å². The molecule has 20 heavy (non-hydrogen) atoms. The fourth-order valence-electron chi connectivity index (χ4n) is 2.83. The van der Waals surface area contributed by atoms with Gasteiger partial charge < -0.3 is 5.32 Å². The Morgan fingerprint density at radius 1 is 1.15 bits per heavy atom. The fourth-order valence-corrected chi connectivity index (χ4v) is 3.97. The van der Waals surface area contributed by atoms with Crippen molar-refractivity contribution in [1.29, 1.82) is 0 Å². The van der Waals surface area contributed by atoms with Gasteiger partial charge in [0.2, 0.25) is 0 Å². The number of aromatic nitrogens is 1. The molecule has 0 fully saturated rings. The second-order valence-corrected chi connectivity index (χ2v) is 6.49. The summed E-state index contributed by atoms with van der Waals surface area (Å²) < 4.78 is 1.29. The molecule has 0 aliphatic carbocycles. The molecular weight excluding hydrogens is 264 g/mol. The lowest BCUT2D eigenvalue weighted by Crippen LogP contribution is -2.28. The highest BCUT2D eigenvalue weighted by atomic mass is 32.1. The Bertz CT molecular complexity index is 776. The average Bonchev–Trinajstić information content (AvgIpc) is 2.89. The lowest BCUT2D eigenvalue weighted by Gasteiger charge is -2.24. The van der Waals surface area contributed by atoms with Crippen molar-refractivity contribution in [2.75, 3.05) is 0 Å². The van der Waals surface area contributed by atoms with Crippen LogP contribution >= 0.6 is 11.3 Å². The van der Waals surface area contributed by atoms with E-state index in [1.54, 1.807) is 0 Å². The largest absolute Gasteiger partial charge is 0.304 e. The topological polar surface area (TPSA) is 24.9 Å². The van der Waals surface area contributed by atoms with Gasteiger partial charge >= 0.3 is 0 Å². The summed E-state index contributed by atoms with van der Waals surface area (Å²) in [4.78, 5) is 4.81. The summed E-state index contributed by atoms with van der Waals surface area (Å²) in [5.74, 6) is 0. The summed E-state index contributed by atoms with van der Waals surface area (Å²) in [7, 11) is 0. The monoisotopic (exact) mass is 280 g/mol. The van der Waals surface area contributed by atoms with Crippen LogP contribution in [0.1, 0.15) is 27.7 Å². The van der Waals surface area contributed by atoms with Crippen molar-refractivity contribution in [2.24, 2.45) is 0 Å². The van der Waals surface area contributed by atoms with E-state index in [9.17, 15) is 0 Å². The van der Waals surface area contributed by atoms with Crippen LogP contribution < -0.4 is 5.32 Å². The number of hydrogen-bond acceptors (Lipinski definition) is 3. The predicted molar refractivity (Wildman–Crippen MR) is 84.1 cm³/mol. The molecule has 0 bridgehead atoms. The number of nitrogens with zero attached hydrogens (tertiary/aromatic N) is 1. The third-order valence-corrected chi connectivity index (χ3v) is 5.07. The van der Waals surface area contributed by atoms with E-state index >= 15 is 0 Å². The molecule has 3 heteroatoms. The molecule has 1 aliphatic heterocycles. The number of hydrogen-bond donors (Lipinski definition) is 1. The lowest BCUT2D eigenvalue weighted by molar-refractivity contribution is 0.497. The van der Waals surface area contributed by atoms with Crippen molar-refractivity contribution in [3.05, 3.63) is 64.2 Å². The second-order valence-electron chi connectivity index (χ2n) is 5.43. The molecule has 3 aromatic rings. The van der Waals surface area contributed by atoms with Crippen LogP contribution in [0.2, 0.25) is 0 Å². The Labute approximate surface area is 122 Å². The minimum absolute atomic E-state index is 0.350. The molecule has 0 saturated heterocycles. The SMILES string of the molecule is Cc1ccc2nc(C3Cc4ccccc4CN3)sc2c1. The van der Waals surface area contributed by atoms with Gasteiger partial charge in [0.15, 0.2) is 0 Å². The van der Waals surface area contributed by atoms with E-state index < -0.39 is 0 Å². The van der Waals surface area contributed by atoms with Crippen molar-refractivity contribution in [1.82, 2.24) is 10.3 Å². The van der Waals surface area contributed by atoms with Crippen LogP contribution in [0.25, 0.3) is 10.2 Å². The Balaban J connectivity index is 1.70. The van der Waals surface area contributed by atoms with E-state index in [2.05, 4.69) is 54.7 Å².